The van der Waals surface area contributed by atoms with E-state index in [4.69, 9.17) is 13.9 Å². The molecule has 0 aliphatic heterocycles. The Morgan fingerprint density at radius 2 is 1.96 bits per heavy atom. The van der Waals surface area contributed by atoms with Crippen molar-refractivity contribution in [2.45, 2.75) is 53.6 Å². The monoisotopic (exact) mass is 372 g/mol. The number of rotatable bonds is 8. The minimum absolute atomic E-state index is 0.00135. The lowest BCUT2D eigenvalue weighted by Gasteiger charge is -2.12. The van der Waals surface area contributed by atoms with Gasteiger partial charge in [0.15, 0.2) is 5.75 Å². The minimum atomic E-state index is -0.830. The zero-order chi connectivity index (χ0) is 20.0. The van der Waals surface area contributed by atoms with Crippen LogP contribution in [0.25, 0.3) is 11.0 Å². The van der Waals surface area contributed by atoms with E-state index in [1.165, 1.54) is 11.1 Å². The molecular formula is C22H28O5. The fourth-order valence-electron chi connectivity index (χ4n) is 2.59. The van der Waals surface area contributed by atoms with Gasteiger partial charge in [0.05, 0.1) is 11.5 Å². The van der Waals surface area contributed by atoms with Crippen LogP contribution in [0.5, 0.6) is 17.2 Å². The molecule has 0 radical (unpaired) electrons. The van der Waals surface area contributed by atoms with E-state index in [-0.39, 0.29) is 18.5 Å². The molecule has 0 saturated heterocycles. The Labute approximate surface area is 159 Å². The second kappa shape index (κ2) is 9.31. The zero-order valence-electron chi connectivity index (χ0n) is 16.7. The van der Waals surface area contributed by atoms with E-state index in [2.05, 4.69) is 19.9 Å². The average Bonchev–Trinajstić information content (AvgIpc) is 2.57. The Morgan fingerprint density at radius 3 is 2.63 bits per heavy atom. The topological polar surface area (TPSA) is 68.9 Å². The molecule has 0 fully saturated rings. The smallest absolute Gasteiger partial charge is 0.382 e. The molecular weight excluding hydrogens is 344 g/mol. The highest BCUT2D eigenvalue weighted by molar-refractivity contribution is 5.86. The summed E-state index contributed by atoms with van der Waals surface area (Å²) < 4.78 is 16.5. The standard InChI is InChI=1S/C22H28O5/c1-14(2)7-6-8-16(5)11-12-25-21-18-10-9-17(26-15(3)4)13-19(18)27-22(24)20(21)23/h7,9-11,13,15,23H,6,8,12H2,1-5H3/b16-11+. The average molecular weight is 372 g/mol. The largest absolute Gasteiger partial charge is 0.499 e. The van der Waals surface area contributed by atoms with Crippen LogP contribution in [0.4, 0.5) is 0 Å². The van der Waals surface area contributed by atoms with Crippen LogP contribution in [-0.2, 0) is 0 Å². The van der Waals surface area contributed by atoms with Gasteiger partial charge in [-0.05, 0) is 65.7 Å². The molecule has 5 nitrogen and oxygen atoms in total. The van der Waals surface area contributed by atoms with Gasteiger partial charge in [0.1, 0.15) is 17.9 Å². The SMILES string of the molecule is CC(C)=CCC/C(C)=C/COc1c(O)c(=O)oc2cc(OC(C)C)ccc12. The van der Waals surface area contributed by atoms with E-state index < -0.39 is 11.4 Å². The van der Waals surface area contributed by atoms with Gasteiger partial charge in [0.2, 0.25) is 5.75 Å². The molecule has 27 heavy (non-hydrogen) atoms. The van der Waals surface area contributed by atoms with Crippen molar-refractivity contribution < 1.29 is 19.0 Å². The van der Waals surface area contributed by atoms with Gasteiger partial charge in [0.25, 0.3) is 0 Å². The molecule has 5 heteroatoms. The molecule has 0 aliphatic rings. The summed E-state index contributed by atoms with van der Waals surface area (Å²) in [5, 5.41) is 10.6. The quantitative estimate of drug-likeness (QED) is 0.499. The second-order valence-electron chi connectivity index (χ2n) is 7.07. The van der Waals surface area contributed by atoms with Crippen LogP contribution in [0.2, 0.25) is 0 Å². The third-order valence-electron chi connectivity index (χ3n) is 3.93. The lowest BCUT2D eigenvalue weighted by molar-refractivity contribution is 0.242. The van der Waals surface area contributed by atoms with Crippen LogP contribution in [0.3, 0.4) is 0 Å². The molecule has 0 spiro atoms. The van der Waals surface area contributed by atoms with E-state index in [0.29, 0.717) is 16.7 Å². The second-order valence-corrected chi connectivity index (χ2v) is 7.07. The Kier molecular flexibility index (Phi) is 7.11. The van der Waals surface area contributed by atoms with Crippen LogP contribution in [0.15, 0.2) is 50.7 Å². The van der Waals surface area contributed by atoms with Crippen molar-refractivity contribution in [1.82, 2.24) is 0 Å². The van der Waals surface area contributed by atoms with Gasteiger partial charge in [-0.1, -0.05) is 17.2 Å². The number of hydrogen-bond donors (Lipinski definition) is 1. The van der Waals surface area contributed by atoms with E-state index in [9.17, 15) is 9.90 Å². The van der Waals surface area contributed by atoms with E-state index in [0.717, 1.165) is 12.8 Å². The van der Waals surface area contributed by atoms with Gasteiger partial charge in [0, 0.05) is 6.07 Å². The number of ether oxygens (including phenoxy) is 2. The highest BCUT2D eigenvalue weighted by Crippen LogP contribution is 2.34. The molecule has 2 aromatic rings. The van der Waals surface area contributed by atoms with E-state index in [1.54, 1.807) is 18.2 Å². The molecule has 1 N–H and O–H groups in total. The molecule has 0 unspecified atom stereocenters. The maximum absolute atomic E-state index is 11.9. The number of benzene rings is 1. The van der Waals surface area contributed by atoms with Crippen LogP contribution in [0.1, 0.15) is 47.5 Å². The third kappa shape index (κ3) is 5.91. The third-order valence-corrected chi connectivity index (χ3v) is 3.93. The summed E-state index contributed by atoms with van der Waals surface area (Å²) in [6.45, 7) is 10.3. The summed E-state index contributed by atoms with van der Waals surface area (Å²) in [6.07, 6.45) is 6.06. The normalized spacial score (nSPS) is 11.7. The van der Waals surface area contributed by atoms with Crippen LogP contribution in [-0.4, -0.2) is 17.8 Å². The molecule has 1 aromatic heterocycles. The molecule has 146 valence electrons. The summed E-state index contributed by atoms with van der Waals surface area (Å²) in [4.78, 5) is 11.9. The highest BCUT2D eigenvalue weighted by Gasteiger charge is 2.16. The van der Waals surface area contributed by atoms with Gasteiger partial charge >= 0.3 is 5.63 Å². The van der Waals surface area contributed by atoms with Crippen molar-refractivity contribution in [1.29, 1.82) is 0 Å². The Balaban J connectivity index is 2.20. The Morgan fingerprint density at radius 1 is 1.22 bits per heavy atom. The molecule has 0 bridgehead atoms. The first-order valence-electron chi connectivity index (χ1n) is 9.16. The van der Waals surface area contributed by atoms with Gasteiger partial charge in [-0.3, -0.25) is 0 Å². The van der Waals surface area contributed by atoms with Crippen molar-refractivity contribution in [3.05, 3.63) is 51.9 Å². The molecule has 0 saturated carbocycles. The number of aromatic hydroxyl groups is 1. The van der Waals surface area contributed by atoms with Crippen LogP contribution < -0.4 is 15.1 Å². The minimum Gasteiger partial charge on any atom is -0.499 e. The van der Waals surface area contributed by atoms with Crippen molar-refractivity contribution in [2.24, 2.45) is 0 Å². The predicted octanol–water partition coefficient (Wildman–Crippen LogP) is 5.36. The summed E-state index contributed by atoms with van der Waals surface area (Å²) in [7, 11) is 0. The molecule has 1 aromatic carbocycles. The molecule has 2 rings (SSSR count). The highest BCUT2D eigenvalue weighted by atomic mass is 16.5. The lowest BCUT2D eigenvalue weighted by atomic mass is 10.1. The lowest BCUT2D eigenvalue weighted by Crippen LogP contribution is -2.06. The molecule has 0 aliphatic carbocycles. The first-order valence-corrected chi connectivity index (χ1v) is 9.16. The van der Waals surface area contributed by atoms with Crippen LogP contribution in [0, 0.1) is 0 Å². The number of allylic oxidation sites excluding steroid dienone is 3. The molecule has 1 heterocycles. The van der Waals surface area contributed by atoms with Crippen molar-refractivity contribution in [3.63, 3.8) is 0 Å². The maximum atomic E-state index is 11.9. The van der Waals surface area contributed by atoms with Crippen molar-refractivity contribution >= 4 is 11.0 Å². The Hall–Kier alpha value is -2.69. The zero-order valence-corrected chi connectivity index (χ0v) is 16.7. The maximum Gasteiger partial charge on any atom is 0.382 e. The van der Waals surface area contributed by atoms with Gasteiger partial charge in [-0.15, -0.1) is 0 Å². The van der Waals surface area contributed by atoms with E-state index >= 15 is 0 Å². The van der Waals surface area contributed by atoms with Gasteiger partial charge in [-0.25, -0.2) is 4.79 Å². The van der Waals surface area contributed by atoms with Crippen molar-refractivity contribution in [3.8, 4) is 17.2 Å². The van der Waals surface area contributed by atoms with Crippen molar-refractivity contribution in [2.75, 3.05) is 6.61 Å². The van der Waals surface area contributed by atoms with Gasteiger partial charge < -0.3 is 19.0 Å². The Bertz CT molecular complexity index is 899. The van der Waals surface area contributed by atoms with Gasteiger partial charge in [-0.2, -0.15) is 0 Å². The number of hydrogen-bond acceptors (Lipinski definition) is 5. The molecule has 0 atom stereocenters. The summed E-state index contributed by atoms with van der Waals surface area (Å²) in [6, 6.07) is 5.11. The first kappa shape index (κ1) is 20.6. The fourth-order valence-corrected chi connectivity index (χ4v) is 2.59. The van der Waals surface area contributed by atoms with Crippen LogP contribution >= 0.6 is 0 Å². The molecule has 0 amide bonds. The fraction of sp³-hybridized carbons (Fsp3) is 0.409. The number of fused-ring (bicyclic) bond motifs is 1. The summed E-state index contributed by atoms with van der Waals surface area (Å²) in [5.41, 5.74) is 1.97. The van der Waals surface area contributed by atoms with E-state index in [1.807, 2.05) is 26.8 Å². The summed E-state index contributed by atoms with van der Waals surface area (Å²) in [5.74, 6) is 0.202. The first-order chi connectivity index (χ1) is 12.8. The summed E-state index contributed by atoms with van der Waals surface area (Å²) >= 11 is 0. The predicted molar refractivity (Wildman–Crippen MR) is 108 cm³/mol.